The van der Waals surface area contributed by atoms with Gasteiger partial charge in [-0.25, -0.2) is 4.39 Å². The van der Waals surface area contributed by atoms with Gasteiger partial charge in [-0.15, -0.1) is 0 Å². The maximum Gasteiger partial charge on any atom is 0.252 e. The summed E-state index contributed by atoms with van der Waals surface area (Å²) in [6, 6.07) is 11.3. The predicted molar refractivity (Wildman–Crippen MR) is 73.4 cm³/mol. The van der Waals surface area contributed by atoms with Crippen LogP contribution in [0, 0.1) is 5.82 Å². The molecule has 0 fully saturated rings. The molecule has 0 aliphatic rings. The molecule has 0 saturated heterocycles. The molecule has 0 spiro atoms. The van der Waals surface area contributed by atoms with Crippen LogP contribution in [0.3, 0.4) is 0 Å². The molecule has 3 nitrogen and oxygen atoms in total. The molecular weight excluding hydrogens is 313 g/mol. The highest BCUT2D eigenvalue weighted by Crippen LogP contribution is 2.21. The number of halogens is 2. The van der Waals surface area contributed by atoms with Crippen LogP contribution in [0.15, 0.2) is 46.9 Å². The molecule has 5 heteroatoms. The zero-order chi connectivity index (χ0) is 13.8. The Balaban J connectivity index is 2.17. The lowest BCUT2D eigenvalue weighted by Gasteiger charge is -2.10. The number of carbonyl (C=O) groups excluding carboxylic acids is 1. The molecule has 2 rings (SSSR count). The van der Waals surface area contributed by atoms with E-state index in [-0.39, 0.29) is 18.0 Å². The summed E-state index contributed by atoms with van der Waals surface area (Å²) < 4.78 is 19.7. The summed E-state index contributed by atoms with van der Waals surface area (Å²) in [7, 11) is 0. The van der Waals surface area contributed by atoms with E-state index in [1.807, 2.05) is 0 Å². The third-order valence-electron chi connectivity index (χ3n) is 2.55. The van der Waals surface area contributed by atoms with Gasteiger partial charge in [0.25, 0.3) is 5.91 Å². The van der Waals surface area contributed by atoms with Crippen molar-refractivity contribution in [1.29, 1.82) is 0 Å². The Hall–Kier alpha value is -1.88. The molecular formula is C14H11BrFNO2. The first kappa shape index (κ1) is 13.5. The van der Waals surface area contributed by atoms with Gasteiger partial charge in [0.1, 0.15) is 18.2 Å². The van der Waals surface area contributed by atoms with Crippen LogP contribution in [-0.2, 0) is 6.61 Å². The average Bonchev–Trinajstić information content (AvgIpc) is 2.38. The van der Waals surface area contributed by atoms with Gasteiger partial charge in [-0.2, -0.15) is 0 Å². The summed E-state index contributed by atoms with van der Waals surface area (Å²) in [5, 5.41) is 0. The molecule has 0 aliphatic carbocycles. The Bertz CT molecular complexity index is 616. The third kappa shape index (κ3) is 3.32. The largest absolute Gasteiger partial charge is 0.488 e. The lowest BCUT2D eigenvalue weighted by molar-refractivity contribution is 0.0996. The minimum atomic E-state index is -0.577. The van der Waals surface area contributed by atoms with Gasteiger partial charge in [0.15, 0.2) is 0 Å². The molecule has 0 heterocycles. The number of amides is 1. The van der Waals surface area contributed by atoms with Crippen LogP contribution in [-0.4, -0.2) is 5.91 Å². The fraction of sp³-hybridized carbons (Fsp3) is 0.0714. The Labute approximate surface area is 118 Å². The molecule has 98 valence electrons. The smallest absolute Gasteiger partial charge is 0.252 e. The molecule has 0 unspecified atom stereocenters. The number of benzene rings is 2. The summed E-state index contributed by atoms with van der Waals surface area (Å²) in [6.45, 7) is 0.0312. The zero-order valence-electron chi connectivity index (χ0n) is 9.90. The molecule has 0 atom stereocenters. The van der Waals surface area contributed by atoms with E-state index in [0.717, 1.165) is 0 Å². The third-order valence-corrected chi connectivity index (χ3v) is 3.04. The molecule has 0 saturated carbocycles. The molecule has 0 aliphatic heterocycles. The second-order valence-corrected chi connectivity index (χ2v) is 4.80. The molecule has 0 radical (unpaired) electrons. The number of primary amides is 1. The Morgan fingerprint density at radius 2 is 2.00 bits per heavy atom. The van der Waals surface area contributed by atoms with Crippen molar-refractivity contribution in [3.05, 3.63) is 63.9 Å². The monoisotopic (exact) mass is 323 g/mol. The van der Waals surface area contributed by atoms with Crippen molar-refractivity contribution >= 4 is 21.8 Å². The van der Waals surface area contributed by atoms with E-state index in [9.17, 15) is 9.18 Å². The van der Waals surface area contributed by atoms with Crippen molar-refractivity contribution in [2.45, 2.75) is 6.61 Å². The summed E-state index contributed by atoms with van der Waals surface area (Å²) in [5.41, 5.74) is 5.92. The van der Waals surface area contributed by atoms with Gasteiger partial charge in [0, 0.05) is 10.0 Å². The molecule has 0 aromatic heterocycles. The summed E-state index contributed by atoms with van der Waals surface area (Å²) >= 11 is 3.18. The summed E-state index contributed by atoms with van der Waals surface area (Å²) in [4.78, 5) is 11.2. The fourth-order valence-corrected chi connectivity index (χ4v) is 1.92. The van der Waals surface area contributed by atoms with Gasteiger partial charge in [0.05, 0.1) is 5.56 Å². The highest BCUT2D eigenvalue weighted by Gasteiger charge is 2.09. The highest BCUT2D eigenvalue weighted by atomic mass is 79.9. The number of para-hydroxylation sites is 1. The lowest BCUT2D eigenvalue weighted by atomic mass is 10.2. The van der Waals surface area contributed by atoms with Gasteiger partial charge in [-0.3, -0.25) is 4.79 Å². The van der Waals surface area contributed by atoms with E-state index < -0.39 is 5.91 Å². The van der Waals surface area contributed by atoms with Crippen molar-refractivity contribution < 1.29 is 13.9 Å². The van der Waals surface area contributed by atoms with Gasteiger partial charge in [0.2, 0.25) is 0 Å². The molecule has 1 amide bonds. The van der Waals surface area contributed by atoms with Gasteiger partial charge >= 0.3 is 0 Å². The number of rotatable bonds is 4. The predicted octanol–water partition coefficient (Wildman–Crippen LogP) is 3.27. The maximum atomic E-state index is 13.6. The van der Waals surface area contributed by atoms with Crippen molar-refractivity contribution in [3.8, 4) is 5.75 Å². The van der Waals surface area contributed by atoms with Crippen LogP contribution in [0.2, 0.25) is 0 Å². The maximum absolute atomic E-state index is 13.6. The van der Waals surface area contributed by atoms with Crippen molar-refractivity contribution in [3.63, 3.8) is 0 Å². The Morgan fingerprint density at radius 3 is 2.68 bits per heavy atom. The van der Waals surface area contributed by atoms with E-state index in [2.05, 4.69) is 15.9 Å². The number of hydrogen-bond acceptors (Lipinski definition) is 2. The first-order valence-electron chi connectivity index (χ1n) is 5.53. The molecule has 2 N–H and O–H groups in total. The van der Waals surface area contributed by atoms with Gasteiger partial charge < -0.3 is 10.5 Å². The van der Waals surface area contributed by atoms with Crippen LogP contribution >= 0.6 is 15.9 Å². The first-order chi connectivity index (χ1) is 9.08. The second kappa shape index (κ2) is 5.84. The lowest BCUT2D eigenvalue weighted by Crippen LogP contribution is -2.13. The molecule has 0 bridgehead atoms. The van der Waals surface area contributed by atoms with E-state index in [1.165, 1.54) is 6.07 Å². The van der Waals surface area contributed by atoms with Crippen LogP contribution < -0.4 is 10.5 Å². The van der Waals surface area contributed by atoms with Gasteiger partial charge in [-0.05, 0) is 24.3 Å². The molecule has 2 aromatic rings. The quantitative estimate of drug-likeness (QED) is 0.938. The zero-order valence-corrected chi connectivity index (χ0v) is 11.5. The Morgan fingerprint density at radius 1 is 1.26 bits per heavy atom. The highest BCUT2D eigenvalue weighted by molar-refractivity contribution is 9.10. The second-order valence-electron chi connectivity index (χ2n) is 3.88. The minimum absolute atomic E-state index is 0.0312. The number of ether oxygens (including phenoxy) is 1. The summed E-state index contributed by atoms with van der Waals surface area (Å²) in [6.07, 6.45) is 0. The van der Waals surface area contributed by atoms with E-state index in [1.54, 1.807) is 36.4 Å². The number of carbonyl (C=O) groups is 1. The van der Waals surface area contributed by atoms with E-state index in [4.69, 9.17) is 10.5 Å². The van der Waals surface area contributed by atoms with E-state index in [0.29, 0.717) is 15.8 Å². The van der Waals surface area contributed by atoms with E-state index >= 15 is 0 Å². The van der Waals surface area contributed by atoms with Crippen LogP contribution in [0.5, 0.6) is 5.75 Å². The first-order valence-corrected chi connectivity index (χ1v) is 6.33. The fourth-order valence-electron chi connectivity index (χ4n) is 1.59. The molecule has 2 aromatic carbocycles. The van der Waals surface area contributed by atoms with Gasteiger partial charge in [-0.1, -0.05) is 34.1 Å². The topological polar surface area (TPSA) is 52.3 Å². The number of nitrogens with two attached hydrogens (primary N) is 1. The van der Waals surface area contributed by atoms with Crippen LogP contribution in [0.25, 0.3) is 0 Å². The summed E-state index contributed by atoms with van der Waals surface area (Å²) in [5.74, 6) is -0.602. The SMILES string of the molecule is NC(=O)c1ccccc1OCc1ccc(Br)cc1F. The van der Waals surface area contributed by atoms with Crippen LogP contribution in [0.4, 0.5) is 4.39 Å². The van der Waals surface area contributed by atoms with Crippen molar-refractivity contribution in [2.75, 3.05) is 0 Å². The van der Waals surface area contributed by atoms with Crippen molar-refractivity contribution in [2.24, 2.45) is 5.73 Å². The molecule has 19 heavy (non-hydrogen) atoms. The van der Waals surface area contributed by atoms with Crippen molar-refractivity contribution in [1.82, 2.24) is 0 Å². The van der Waals surface area contributed by atoms with Crippen LogP contribution in [0.1, 0.15) is 15.9 Å². The Kier molecular flexibility index (Phi) is 4.16. The minimum Gasteiger partial charge on any atom is -0.488 e. The number of hydrogen-bond donors (Lipinski definition) is 1. The standard InChI is InChI=1S/C14H11BrFNO2/c15-10-6-5-9(12(16)7-10)8-19-13-4-2-1-3-11(13)14(17)18/h1-7H,8H2,(H2,17,18). The normalized spacial score (nSPS) is 10.2. The average molecular weight is 324 g/mol.